The van der Waals surface area contributed by atoms with Gasteiger partial charge in [-0.15, -0.1) is 0 Å². The van der Waals surface area contributed by atoms with Crippen molar-refractivity contribution in [2.45, 2.75) is 25.5 Å². The Bertz CT molecular complexity index is 899. The largest absolute Gasteiger partial charge is 0.506 e. The Morgan fingerprint density at radius 2 is 2.17 bits per heavy atom. The number of aromatic nitrogens is 4. The molecule has 1 atom stereocenters. The number of aromatic hydroxyl groups is 1. The zero-order valence-corrected chi connectivity index (χ0v) is 12.4. The van der Waals surface area contributed by atoms with Gasteiger partial charge in [0.15, 0.2) is 0 Å². The van der Waals surface area contributed by atoms with Crippen LogP contribution in [0.2, 0.25) is 0 Å². The predicted octanol–water partition coefficient (Wildman–Crippen LogP) is 2.47. The molecule has 0 radical (unpaired) electrons. The summed E-state index contributed by atoms with van der Waals surface area (Å²) in [6.45, 7) is 0.747. The SMILES string of the molecule is N#Cc1cnn2cc(O)cc(-c3cnn(C4CCCCO4)c3)c12. The third-order valence-electron chi connectivity index (χ3n) is 4.08. The fourth-order valence-electron chi connectivity index (χ4n) is 2.98. The highest BCUT2D eigenvalue weighted by Crippen LogP contribution is 2.31. The van der Waals surface area contributed by atoms with Crippen LogP contribution in [0.5, 0.6) is 5.75 Å². The first-order valence-electron chi connectivity index (χ1n) is 7.53. The van der Waals surface area contributed by atoms with Crippen LogP contribution in [0.3, 0.4) is 0 Å². The minimum Gasteiger partial charge on any atom is -0.506 e. The number of hydrogen-bond donors (Lipinski definition) is 1. The molecule has 116 valence electrons. The molecule has 3 aromatic heterocycles. The Morgan fingerprint density at radius 3 is 2.96 bits per heavy atom. The lowest BCUT2D eigenvalue weighted by molar-refractivity contribution is -0.0394. The quantitative estimate of drug-likeness (QED) is 0.785. The van der Waals surface area contributed by atoms with Crippen LogP contribution < -0.4 is 0 Å². The molecule has 0 bridgehead atoms. The summed E-state index contributed by atoms with van der Waals surface area (Å²) in [6, 6.07) is 3.76. The van der Waals surface area contributed by atoms with Gasteiger partial charge in [-0.05, 0) is 25.3 Å². The summed E-state index contributed by atoms with van der Waals surface area (Å²) >= 11 is 0. The van der Waals surface area contributed by atoms with Crippen LogP contribution in [0.15, 0.2) is 30.9 Å². The van der Waals surface area contributed by atoms with Gasteiger partial charge in [0.05, 0.1) is 29.7 Å². The maximum atomic E-state index is 9.91. The molecule has 1 aliphatic rings. The molecule has 0 aromatic carbocycles. The van der Waals surface area contributed by atoms with Gasteiger partial charge in [-0.25, -0.2) is 9.20 Å². The highest BCUT2D eigenvalue weighted by atomic mass is 16.5. The number of pyridine rings is 1. The normalized spacial score (nSPS) is 18.1. The van der Waals surface area contributed by atoms with Crippen LogP contribution in [0.25, 0.3) is 16.6 Å². The van der Waals surface area contributed by atoms with E-state index in [2.05, 4.69) is 16.3 Å². The van der Waals surface area contributed by atoms with Crippen molar-refractivity contribution in [3.63, 3.8) is 0 Å². The van der Waals surface area contributed by atoms with Gasteiger partial charge < -0.3 is 9.84 Å². The minimum absolute atomic E-state index is 0.0498. The molecule has 7 heteroatoms. The summed E-state index contributed by atoms with van der Waals surface area (Å²) in [4.78, 5) is 0. The topological polar surface area (TPSA) is 88.4 Å². The molecule has 7 nitrogen and oxygen atoms in total. The van der Waals surface area contributed by atoms with Crippen LogP contribution in [0.1, 0.15) is 31.1 Å². The average molecular weight is 309 g/mol. The van der Waals surface area contributed by atoms with E-state index in [1.807, 2.05) is 6.20 Å². The summed E-state index contributed by atoms with van der Waals surface area (Å²) in [6.07, 6.45) is 9.68. The van der Waals surface area contributed by atoms with E-state index in [1.54, 1.807) is 16.9 Å². The Kier molecular flexibility index (Phi) is 3.24. The summed E-state index contributed by atoms with van der Waals surface area (Å²) in [5, 5.41) is 27.7. The zero-order valence-electron chi connectivity index (χ0n) is 12.4. The number of ether oxygens (including phenoxy) is 1. The first-order valence-corrected chi connectivity index (χ1v) is 7.53. The fourth-order valence-corrected chi connectivity index (χ4v) is 2.98. The molecule has 23 heavy (non-hydrogen) atoms. The van der Waals surface area contributed by atoms with E-state index in [9.17, 15) is 10.4 Å². The van der Waals surface area contributed by atoms with Gasteiger partial charge >= 0.3 is 0 Å². The van der Waals surface area contributed by atoms with Crippen LogP contribution in [0.4, 0.5) is 0 Å². The second-order valence-electron chi connectivity index (χ2n) is 5.61. The molecular weight excluding hydrogens is 294 g/mol. The maximum absolute atomic E-state index is 9.91. The van der Waals surface area contributed by atoms with E-state index >= 15 is 0 Å². The van der Waals surface area contributed by atoms with Crippen LogP contribution >= 0.6 is 0 Å². The van der Waals surface area contributed by atoms with Crippen molar-refractivity contribution in [3.8, 4) is 22.9 Å². The monoisotopic (exact) mass is 309 g/mol. The van der Waals surface area contributed by atoms with Crippen molar-refractivity contribution in [2.75, 3.05) is 6.61 Å². The van der Waals surface area contributed by atoms with Crippen molar-refractivity contribution in [1.29, 1.82) is 5.26 Å². The molecule has 0 aliphatic carbocycles. The molecule has 1 aliphatic heterocycles. The molecule has 0 amide bonds. The van der Waals surface area contributed by atoms with E-state index in [0.717, 1.165) is 37.0 Å². The lowest BCUT2D eigenvalue weighted by Crippen LogP contribution is -2.18. The number of hydrogen-bond acceptors (Lipinski definition) is 5. The molecule has 1 N–H and O–H groups in total. The van der Waals surface area contributed by atoms with Gasteiger partial charge in [-0.2, -0.15) is 15.5 Å². The van der Waals surface area contributed by atoms with Gasteiger partial charge in [-0.1, -0.05) is 0 Å². The highest BCUT2D eigenvalue weighted by Gasteiger charge is 2.19. The number of nitrogens with zero attached hydrogens (tertiary/aromatic N) is 5. The summed E-state index contributed by atoms with van der Waals surface area (Å²) in [7, 11) is 0. The van der Waals surface area contributed by atoms with Crippen molar-refractivity contribution in [1.82, 2.24) is 19.4 Å². The summed E-state index contributed by atoms with van der Waals surface area (Å²) in [5.41, 5.74) is 2.66. The second-order valence-corrected chi connectivity index (χ2v) is 5.61. The molecule has 0 spiro atoms. The third kappa shape index (κ3) is 2.33. The number of fused-ring (bicyclic) bond motifs is 1. The highest BCUT2D eigenvalue weighted by molar-refractivity contribution is 5.84. The first kappa shape index (κ1) is 13.8. The molecule has 3 aromatic rings. The lowest BCUT2D eigenvalue weighted by Gasteiger charge is -2.22. The average Bonchev–Trinajstić information content (AvgIpc) is 3.21. The van der Waals surface area contributed by atoms with E-state index in [1.165, 1.54) is 16.9 Å². The summed E-state index contributed by atoms with van der Waals surface area (Å²) in [5.74, 6) is 0.0850. The molecule has 0 saturated carbocycles. The molecule has 1 saturated heterocycles. The van der Waals surface area contributed by atoms with Crippen molar-refractivity contribution in [3.05, 3.63) is 36.4 Å². The van der Waals surface area contributed by atoms with Gasteiger partial charge in [-0.3, -0.25) is 0 Å². The van der Waals surface area contributed by atoms with Crippen LogP contribution in [0, 0.1) is 11.3 Å². The van der Waals surface area contributed by atoms with E-state index in [-0.39, 0.29) is 12.0 Å². The molecule has 1 unspecified atom stereocenters. The molecule has 4 heterocycles. The minimum atomic E-state index is -0.0498. The second kappa shape index (κ2) is 5.41. The van der Waals surface area contributed by atoms with Crippen molar-refractivity contribution >= 4 is 5.52 Å². The van der Waals surface area contributed by atoms with Crippen LogP contribution in [-0.2, 0) is 4.74 Å². The Labute approximate surface area is 132 Å². The fraction of sp³-hybridized carbons (Fsp3) is 0.312. The van der Waals surface area contributed by atoms with E-state index < -0.39 is 0 Å². The third-order valence-corrected chi connectivity index (χ3v) is 4.08. The molecule has 1 fully saturated rings. The van der Waals surface area contributed by atoms with Crippen LogP contribution in [-0.4, -0.2) is 31.1 Å². The number of nitriles is 1. The number of rotatable bonds is 2. The first-order chi connectivity index (χ1) is 11.3. The molecular formula is C16H15N5O2. The molecule has 4 rings (SSSR count). The summed E-state index contributed by atoms with van der Waals surface area (Å²) < 4.78 is 9.05. The van der Waals surface area contributed by atoms with E-state index in [4.69, 9.17) is 4.74 Å². The Morgan fingerprint density at radius 1 is 1.26 bits per heavy atom. The maximum Gasteiger partial charge on any atom is 0.150 e. The van der Waals surface area contributed by atoms with Gasteiger partial charge in [0, 0.05) is 23.9 Å². The van der Waals surface area contributed by atoms with Crippen molar-refractivity contribution < 1.29 is 9.84 Å². The van der Waals surface area contributed by atoms with Gasteiger partial charge in [0.25, 0.3) is 0 Å². The zero-order chi connectivity index (χ0) is 15.8. The smallest absolute Gasteiger partial charge is 0.150 e. The van der Waals surface area contributed by atoms with Gasteiger partial charge in [0.2, 0.25) is 0 Å². The van der Waals surface area contributed by atoms with Crippen molar-refractivity contribution in [2.24, 2.45) is 0 Å². The Hall–Kier alpha value is -2.85. The van der Waals surface area contributed by atoms with Gasteiger partial charge in [0.1, 0.15) is 18.0 Å². The lowest BCUT2D eigenvalue weighted by atomic mass is 10.1. The standard InChI is InChI=1S/C16H15N5O2/c17-6-11-7-19-21-10-13(22)5-14(16(11)21)12-8-18-20(9-12)15-3-1-2-4-23-15/h5,7-10,15,22H,1-4H2. The van der Waals surface area contributed by atoms with E-state index in [0.29, 0.717) is 11.1 Å². The Balaban J connectivity index is 1.81. The predicted molar refractivity (Wildman–Crippen MR) is 81.6 cm³/mol.